The molecule has 0 fully saturated rings. The lowest BCUT2D eigenvalue weighted by Gasteiger charge is -2.09. The van der Waals surface area contributed by atoms with Crippen molar-refractivity contribution in [3.05, 3.63) is 41.9 Å². The number of hydrogen-bond donors (Lipinski definition) is 1. The Morgan fingerprint density at radius 3 is 2.94 bits per heavy atom. The number of aryl methyl sites for hydroxylation is 2. The van der Waals surface area contributed by atoms with Crippen molar-refractivity contribution in [2.75, 3.05) is 0 Å². The maximum atomic E-state index is 10.1. The van der Waals surface area contributed by atoms with Gasteiger partial charge in [-0.2, -0.15) is 0 Å². The highest BCUT2D eigenvalue weighted by Crippen LogP contribution is 2.19. The first-order chi connectivity index (χ1) is 8.20. The van der Waals surface area contributed by atoms with E-state index in [0.717, 1.165) is 24.6 Å². The summed E-state index contributed by atoms with van der Waals surface area (Å²) in [5, 5.41) is 10.1. The lowest BCUT2D eigenvalue weighted by Crippen LogP contribution is -2.08. The first-order valence-corrected chi connectivity index (χ1v) is 5.95. The molecule has 0 saturated heterocycles. The van der Waals surface area contributed by atoms with Crippen LogP contribution in [0, 0.1) is 6.92 Å². The lowest BCUT2D eigenvalue weighted by molar-refractivity contribution is 0.145. The van der Waals surface area contributed by atoms with Crippen molar-refractivity contribution in [1.29, 1.82) is 0 Å². The van der Waals surface area contributed by atoms with Crippen LogP contribution in [0.1, 0.15) is 36.8 Å². The van der Waals surface area contributed by atoms with E-state index in [1.165, 1.54) is 0 Å². The Hall–Kier alpha value is -1.55. The quantitative estimate of drug-likeness (QED) is 0.864. The summed E-state index contributed by atoms with van der Waals surface area (Å²) in [4.78, 5) is 4.27. The van der Waals surface area contributed by atoms with Gasteiger partial charge in [0.05, 0.1) is 0 Å². The molecule has 0 saturated carbocycles. The molecule has 2 aromatic rings. The van der Waals surface area contributed by atoms with E-state index in [4.69, 9.17) is 4.42 Å². The number of furan rings is 1. The van der Waals surface area contributed by atoms with Crippen LogP contribution in [0.15, 0.2) is 28.9 Å². The first kappa shape index (κ1) is 11.9. The van der Waals surface area contributed by atoms with Gasteiger partial charge in [0, 0.05) is 25.4 Å². The second-order valence-electron chi connectivity index (χ2n) is 4.21. The number of imidazole rings is 1. The molecule has 0 aromatic carbocycles. The maximum absolute atomic E-state index is 10.1. The Bertz CT molecular complexity index is 473. The molecule has 2 aromatic heterocycles. The molecule has 4 heteroatoms. The Kier molecular flexibility index (Phi) is 3.64. The van der Waals surface area contributed by atoms with Gasteiger partial charge in [-0.25, -0.2) is 4.98 Å². The fraction of sp³-hybridized carbons (Fsp3) is 0.462. The molecule has 2 rings (SSSR count). The van der Waals surface area contributed by atoms with Gasteiger partial charge < -0.3 is 14.1 Å². The number of rotatable bonds is 5. The second-order valence-corrected chi connectivity index (χ2v) is 4.21. The van der Waals surface area contributed by atoms with Crippen LogP contribution in [-0.2, 0) is 13.0 Å². The number of aromatic nitrogens is 2. The summed E-state index contributed by atoms with van der Waals surface area (Å²) in [6, 6.07) is 3.67. The molecule has 0 bridgehead atoms. The van der Waals surface area contributed by atoms with Crippen molar-refractivity contribution >= 4 is 0 Å². The van der Waals surface area contributed by atoms with Crippen LogP contribution in [-0.4, -0.2) is 14.7 Å². The maximum Gasteiger partial charge on any atom is 0.133 e. The van der Waals surface area contributed by atoms with Crippen molar-refractivity contribution < 1.29 is 9.52 Å². The zero-order chi connectivity index (χ0) is 12.3. The zero-order valence-corrected chi connectivity index (χ0v) is 10.3. The molecular formula is C13H18N2O2. The summed E-state index contributed by atoms with van der Waals surface area (Å²) in [6.07, 6.45) is 4.63. The Labute approximate surface area is 101 Å². The number of aliphatic hydroxyl groups excluding tert-OH is 1. The van der Waals surface area contributed by atoms with Gasteiger partial charge in [-0.1, -0.05) is 6.92 Å². The van der Waals surface area contributed by atoms with Gasteiger partial charge in [-0.15, -0.1) is 0 Å². The van der Waals surface area contributed by atoms with Gasteiger partial charge in [0.15, 0.2) is 0 Å². The van der Waals surface area contributed by atoms with Gasteiger partial charge in [0.25, 0.3) is 0 Å². The van der Waals surface area contributed by atoms with Gasteiger partial charge in [-0.3, -0.25) is 0 Å². The molecule has 17 heavy (non-hydrogen) atoms. The van der Waals surface area contributed by atoms with E-state index < -0.39 is 6.10 Å². The fourth-order valence-corrected chi connectivity index (χ4v) is 1.88. The molecule has 0 spiro atoms. The SMILES string of the molecule is CCCn1ccnc1CC(O)c1ccc(C)o1. The van der Waals surface area contributed by atoms with Gasteiger partial charge >= 0.3 is 0 Å². The molecule has 1 N–H and O–H groups in total. The highest BCUT2D eigenvalue weighted by Gasteiger charge is 2.15. The molecule has 92 valence electrons. The van der Waals surface area contributed by atoms with Crippen LogP contribution >= 0.6 is 0 Å². The molecule has 0 aliphatic heterocycles. The Morgan fingerprint density at radius 2 is 2.29 bits per heavy atom. The fourth-order valence-electron chi connectivity index (χ4n) is 1.88. The van der Waals surface area contributed by atoms with E-state index in [0.29, 0.717) is 12.2 Å². The van der Waals surface area contributed by atoms with E-state index in [1.807, 2.05) is 25.3 Å². The minimum atomic E-state index is -0.623. The highest BCUT2D eigenvalue weighted by atomic mass is 16.4. The average Bonchev–Trinajstić information content (AvgIpc) is 2.89. The predicted molar refractivity (Wildman–Crippen MR) is 64.6 cm³/mol. The third kappa shape index (κ3) is 2.77. The van der Waals surface area contributed by atoms with Crippen LogP contribution in [0.4, 0.5) is 0 Å². The van der Waals surface area contributed by atoms with Crippen LogP contribution in [0.2, 0.25) is 0 Å². The van der Waals surface area contributed by atoms with Crippen molar-refractivity contribution in [2.45, 2.75) is 39.3 Å². The van der Waals surface area contributed by atoms with Gasteiger partial charge in [0.2, 0.25) is 0 Å². The monoisotopic (exact) mass is 234 g/mol. The molecule has 0 aliphatic rings. The molecule has 0 radical (unpaired) electrons. The van der Waals surface area contributed by atoms with Crippen molar-refractivity contribution in [3.63, 3.8) is 0 Å². The third-order valence-electron chi connectivity index (χ3n) is 2.73. The summed E-state index contributed by atoms with van der Waals surface area (Å²) >= 11 is 0. The lowest BCUT2D eigenvalue weighted by atomic mass is 10.2. The highest BCUT2D eigenvalue weighted by molar-refractivity contribution is 5.10. The average molecular weight is 234 g/mol. The molecule has 4 nitrogen and oxygen atoms in total. The summed E-state index contributed by atoms with van der Waals surface area (Å²) in [5.41, 5.74) is 0. The number of nitrogens with zero attached hydrogens (tertiary/aromatic N) is 2. The van der Waals surface area contributed by atoms with E-state index in [1.54, 1.807) is 6.20 Å². The molecule has 2 heterocycles. The molecule has 0 aliphatic carbocycles. The minimum Gasteiger partial charge on any atom is -0.464 e. The zero-order valence-electron chi connectivity index (χ0n) is 10.3. The molecule has 1 unspecified atom stereocenters. The first-order valence-electron chi connectivity index (χ1n) is 5.95. The van der Waals surface area contributed by atoms with Crippen molar-refractivity contribution in [3.8, 4) is 0 Å². The molecule has 0 amide bonds. The second kappa shape index (κ2) is 5.19. The predicted octanol–water partition coefficient (Wildman–Crippen LogP) is 2.47. The van der Waals surface area contributed by atoms with E-state index in [-0.39, 0.29) is 0 Å². The Balaban J connectivity index is 2.07. The van der Waals surface area contributed by atoms with E-state index in [9.17, 15) is 5.11 Å². The van der Waals surface area contributed by atoms with Crippen LogP contribution in [0.3, 0.4) is 0 Å². The summed E-state index contributed by atoms with van der Waals surface area (Å²) in [7, 11) is 0. The third-order valence-corrected chi connectivity index (χ3v) is 2.73. The van der Waals surface area contributed by atoms with Crippen molar-refractivity contribution in [1.82, 2.24) is 9.55 Å². The normalized spacial score (nSPS) is 12.9. The van der Waals surface area contributed by atoms with E-state index >= 15 is 0 Å². The smallest absolute Gasteiger partial charge is 0.133 e. The van der Waals surface area contributed by atoms with Crippen LogP contribution in [0.25, 0.3) is 0 Å². The molecular weight excluding hydrogens is 216 g/mol. The molecule has 1 atom stereocenters. The van der Waals surface area contributed by atoms with Crippen LogP contribution in [0.5, 0.6) is 0 Å². The van der Waals surface area contributed by atoms with E-state index in [2.05, 4.69) is 16.5 Å². The number of hydrogen-bond acceptors (Lipinski definition) is 3. The summed E-state index contributed by atoms with van der Waals surface area (Å²) in [6.45, 7) is 4.92. The van der Waals surface area contributed by atoms with Crippen LogP contribution < -0.4 is 0 Å². The van der Waals surface area contributed by atoms with Crippen molar-refractivity contribution in [2.24, 2.45) is 0 Å². The minimum absolute atomic E-state index is 0.486. The number of aliphatic hydroxyl groups is 1. The standard InChI is InChI=1S/C13H18N2O2/c1-3-7-15-8-6-14-13(15)9-11(16)12-5-4-10(2)17-12/h4-6,8,11,16H,3,7,9H2,1-2H3. The largest absolute Gasteiger partial charge is 0.464 e. The van der Waals surface area contributed by atoms with Gasteiger partial charge in [-0.05, 0) is 25.5 Å². The Morgan fingerprint density at radius 1 is 1.47 bits per heavy atom. The summed E-state index contributed by atoms with van der Waals surface area (Å²) in [5.74, 6) is 2.32. The van der Waals surface area contributed by atoms with Gasteiger partial charge in [0.1, 0.15) is 23.4 Å². The summed E-state index contributed by atoms with van der Waals surface area (Å²) < 4.78 is 7.48. The topological polar surface area (TPSA) is 51.2 Å².